The molecule has 16 heavy (non-hydrogen) atoms. The van der Waals surface area contributed by atoms with E-state index >= 15 is 0 Å². The zero-order chi connectivity index (χ0) is 12.2. The maximum absolute atomic E-state index is 13.0. The van der Waals surface area contributed by atoms with Crippen molar-refractivity contribution in [3.63, 3.8) is 0 Å². The smallest absolute Gasteiger partial charge is 0.248 e. The molecule has 2 nitrogen and oxygen atoms in total. The van der Waals surface area contributed by atoms with E-state index in [1.165, 1.54) is 0 Å². The zero-order valence-corrected chi connectivity index (χ0v) is 9.96. The van der Waals surface area contributed by atoms with Crippen LogP contribution in [0.4, 0.5) is 8.78 Å². The number of nitrogens with two attached hydrogens (primary N) is 1. The van der Waals surface area contributed by atoms with Crippen molar-refractivity contribution in [2.75, 3.05) is 6.54 Å². The number of alkyl halides is 2. The molecule has 1 fully saturated rings. The Morgan fingerprint density at radius 2 is 1.94 bits per heavy atom. The molecule has 2 unspecified atom stereocenters. The van der Waals surface area contributed by atoms with Gasteiger partial charge in [-0.3, -0.25) is 0 Å². The van der Waals surface area contributed by atoms with Crippen LogP contribution in [-0.2, 0) is 0 Å². The van der Waals surface area contributed by atoms with Gasteiger partial charge in [0.2, 0.25) is 5.92 Å². The molecule has 96 valence electrons. The van der Waals surface area contributed by atoms with Gasteiger partial charge in [0.05, 0.1) is 6.10 Å². The van der Waals surface area contributed by atoms with Gasteiger partial charge in [-0.2, -0.15) is 0 Å². The Kier molecular flexibility index (Phi) is 5.12. The molecule has 1 saturated carbocycles. The molecule has 0 bridgehead atoms. The summed E-state index contributed by atoms with van der Waals surface area (Å²) in [6, 6.07) is 0. The van der Waals surface area contributed by atoms with E-state index in [9.17, 15) is 13.9 Å². The first-order chi connectivity index (χ1) is 7.50. The molecule has 0 amide bonds. The van der Waals surface area contributed by atoms with Crippen molar-refractivity contribution in [2.24, 2.45) is 17.6 Å². The first kappa shape index (κ1) is 13.8. The third kappa shape index (κ3) is 3.67. The zero-order valence-electron chi connectivity index (χ0n) is 9.96. The van der Waals surface area contributed by atoms with Gasteiger partial charge < -0.3 is 10.8 Å². The van der Waals surface area contributed by atoms with Gasteiger partial charge in [0, 0.05) is 12.8 Å². The Hall–Kier alpha value is -0.220. The van der Waals surface area contributed by atoms with Crippen molar-refractivity contribution in [2.45, 2.75) is 57.5 Å². The Balaban J connectivity index is 2.45. The number of aliphatic hydroxyl groups is 1. The van der Waals surface area contributed by atoms with Gasteiger partial charge in [-0.1, -0.05) is 13.3 Å². The van der Waals surface area contributed by atoms with Crippen molar-refractivity contribution < 1.29 is 13.9 Å². The molecule has 0 saturated heterocycles. The molecule has 0 aliphatic heterocycles. The van der Waals surface area contributed by atoms with Gasteiger partial charge >= 0.3 is 0 Å². The lowest BCUT2D eigenvalue weighted by Crippen LogP contribution is -2.38. The maximum atomic E-state index is 13.0. The first-order valence-electron chi connectivity index (χ1n) is 6.26. The lowest BCUT2D eigenvalue weighted by molar-refractivity contribution is -0.0702. The Labute approximate surface area is 96.2 Å². The van der Waals surface area contributed by atoms with Crippen LogP contribution in [0.3, 0.4) is 0 Å². The summed E-state index contributed by atoms with van der Waals surface area (Å²) in [6.07, 6.45) is 2.03. The van der Waals surface area contributed by atoms with Crippen LogP contribution in [0.1, 0.15) is 45.4 Å². The van der Waals surface area contributed by atoms with Crippen LogP contribution in [0.25, 0.3) is 0 Å². The summed E-state index contributed by atoms with van der Waals surface area (Å²) in [5, 5.41) is 10.1. The molecule has 2 atom stereocenters. The van der Waals surface area contributed by atoms with Crippen LogP contribution in [-0.4, -0.2) is 23.7 Å². The van der Waals surface area contributed by atoms with E-state index in [4.69, 9.17) is 5.73 Å². The SMILES string of the molecule is CCCC(CN)C(O)C1CCC(F)(F)CC1. The minimum absolute atomic E-state index is 0.0136. The Morgan fingerprint density at radius 1 is 1.38 bits per heavy atom. The molecule has 0 aromatic rings. The fourth-order valence-corrected chi connectivity index (χ4v) is 2.59. The monoisotopic (exact) mass is 235 g/mol. The van der Waals surface area contributed by atoms with E-state index in [2.05, 4.69) is 0 Å². The maximum Gasteiger partial charge on any atom is 0.248 e. The van der Waals surface area contributed by atoms with E-state index in [1.807, 2.05) is 6.92 Å². The minimum Gasteiger partial charge on any atom is -0.393 e. The average molecular weight is 235 g/mol. The molecule has 0 aromatic carbocycles. The molecular weight excluding hydrogens is 212 g/mol. The molecule has 1 aliphatic carbocycles. The number of hydrogen-bond acceptors (Lipinski definition) is 2. The van der Waals surface area contributed by atoms with Crippen molar-refractivity contribution in [3.8, 4) is 0 Å². The number of aliphatic hydroxyl groups excluding tert-OH is 1. The second-order valence-corrected chi connectivity index (χ2v) is 4.97. The highest BCUT2D eigenvalue weighted by molar-refractivity contribution is 4.84. The standard InChI is InChI=1S/C12H23F2NO/c1-2-3-10(8-15)11(16)9-4-6-12(13,14)7-5-9/h9-11,16H,2-8,15H2,1H3. The molecule has 3 N–H and O–H groups in total. The van der Waals surface area contributed by atoms with Gasteiger partial charge in [0.25, 0.3) is 0 Å². The molecule has 4 heteroatoms. The third-order valence-electron chi connectivity index (χ3n) is 3.69. The topological polar surface area (TPSA) is 46.2 Å². The van der Waals surface area contributed by atoms with Crippen molar-refractivity contribution in [3.05, 3.63) is 0 Å². The van der Waals surface area contributed by atoms with Crippen LogP contribution in [0, 0.1) is 11.8 Å². The van der Waals surface area contributed by atoms with Gasteiger partial charge in [-0.05, 0) is 37.6 Å². The van der Waals surface area contributed by atoms with E-state index in [-0.39, 0.29) is 24.7 Å². The summed E-state index contributed by atoms with van der Waals surface area (Å²) in [4.78, 5) is 0. The van der Waals surface area contributed by atoms with Crippen LogP contribution in [0.15, 0.2) is 0 Å². The van der Waals surface area contributed by atoms with Gasteiger partial charge in [-0.15, -0.1) is 0 Å². The quantitative estimate of drug-likeness (QED) is 0.769. The van der Waals surface area contributed by atoms with Crippen LogP contribution >= 0.6 is 0 Å². The van der Waals surface area contributed by atoms with Crippen molar-refractivity contribution in [1.82, 2.24) is 0 Å². The second kappa shape index (κ2) is 5.92. The lowest BCUT2D eigenvalue weighted by atomic mass is 9.78. The van der Waals surface area contributed by atoms with Gasteiger partial charge in [-0.25, -0.2) is 8.78 Å². The first-order valence-corrected chi connectivity index (χ1v) is 6.26. The van der Waals surface area contributed by atoms with Gasteiger partial charge in [0.1, 0.15) is 0 Å². The summed E-state index contributed by atoms with van der Waals surface area (Å²) < 4.78 is 25.9. The molecule has 0 radical (unpaired) electrons. The summed E-state index contributed by atoms with van der Waals surface area (Å²) in [5.74, 6) is -2.43. The normalized spacial score (nSPS) is 25.3. The highest BCUT2D eigenvalue weighted by atomic mass is 19.3. The van der Waals surface area contributed by atoms with E-state index in [0.717, 1.165) is 12.8 Å². The molecule has 1 rings (SSSR count). The highest BCUT2D eigenvalue weighted by Gasteiger charge is 2.38. The van der Waals surface area contributed by atoms with E-state index in [1.54, 1.807) is 0 Å². The fraction of sp³-hybridized carbons (Fsp3) is 1.00. The molecule has 0 aromatic heterocycles. The minimum atomic E-state index is -2.51. The Morgan fingerprint density at radius 3 is 2.38 bits per heavy atom. The molecule has 1 aliphatic rings. The molecule has 0 heterocycles. The van der Waals surface area contributed by atoms with Crippen LogP contribution in [0.2, 0.25) is 0 Å². The average Bonchev–Trinajstić information content (AvgIpc) is 2.25. The van der Waals surface area contributed by atoms with Crippen LogP contribution < -0.4 is 5.73 Å². The number of rotatable bonds is 5. The predicted octanol–water partition coefficient (Wildman–Crippen LogP) is 2.55. The highest BCUT2D eigenvalue weighted by Crippen LogP contribution is 2.39. The number of halogens is 2. The summed E-state index contributed by atoms with van der Waals surface area (Å²) in [6.45, 7) is 2.49. The predicted molar refractivity (Wildman–Crippen MR) is 60.4 cm³/mol. The fourth-order valence-electron chi connectivity index (χ4n) is 2.59. The number of hydrogen-bond donors (Lipinski definition) is 2. The van der Waals surface area contributed by atoms with E-state index < -0.39 is 12.0 Å². The Bertz CT molecular complexity index is 201. The van der Waals surface area contributed by atoms with Crippen molar-refractivity contribution >= 4 is 0 Å². The third-order valence-corrected chi connectivity index (χ3v) is 3.69. The van der Waals surface area contributed by atoms with Gasteiger partial charge in [0.15, 0.2) is 0 Å². The largest absolute Gasteiger partial charge is 0.393 e. The summed E-state index contributed by atoms with van der Waals surface area (Å²) in [5.41, 5.74) is 5.61. The summed E-state index contributed by atoms with van der Waals surface area (Å²) >= 11 is 0. The van der Waals surface area contributed by atoms with Crippen LogP contribution in [0.5, 0.6) is 0 Å². The molecular formula is C12H23F2NO. The second-order valence-electron chi connectivity index (χ2n) is 4.97. The molecule has 0 spiro atoms. The van der Waals surface area contributed by atoms with Crippen molar-refractivity contribution in [1.29, 1.82) is 0 Å². The van der Waals surface area contributed by atoms with E-state index in [0.29, 0.717) is 19.4 Å². The summed E-state index contributed by atoms with van der Waals surface area (Å²) in [7, 11) is 0. The lowest BCUT2D eigenvalue weighted by Gasteiger charge is -2.34.